The number of hydrogen-bond acceptors (Lipinski definition) is 11. The van der Waals surface area contributed by atoms with Crippen LogP contribution in [0.15, 0.2) is 60.8 Å². The van der Waals surface area contributed by atoms with Crippen LogP contribution in [0.3, 0.4) is 0 Å². The summed E-state index contributed by atoms with van der Waals surface area (Å²) in [6, 6.07) is 0. The van der Waals surface area contributed by atoms with E-state index in [2.05, 4.69) is 74.6 Å². The summed E-state index contributed by atoms with van der Waals surface area (Å²) in [5.74, 6) is -0.477. The summed E-state index contributed by atoms with van der Waals surface area (Å²) in [6.07, 6.45) is 52.9. The molecule has 1 rings (SSSR count). The van der Waals surface area contributed by atoms with Gasteiger partial charge in [0.05, 0.1) is 13.2 Å². The molecule has 0 amide bonds. The fourth-order valence-corrected chi connectivity index (χ4v) is 10.0. The zero-order valence-electron chi connectivity index (χ0n) is 46.2. The smallest absolute Gasteiger partial charge is 0.457 e. The molecule has 6 N–H and O–H groups in total. The first-order valence-corrected chi connectivity index (χ1v) is 31.1. The summed E-state index contributed by atoms with van der Waals surface area (Å²) in [5, 5.41) is 50.5. The molecule has 12 nitrogen and oxygen atoms in total. The van der Waals surface area contributed by atoms with Crippen molar-refractivity contribution in [1.29, 1.82) is 0 Å². The molecule has 1 saturated carbocycles. The summed E-state index contributed by atoms with van der Waals surface area (Å²) in [4.78, 5) is 23.3. The van der Waals surface area contributed by atoms with Crippen molar-refractivity contribution in [2.24, 2.45) is 0 Å². The lowest BCUT2D eigenvalue weighted by atomic mass is 9.85. The van der Waals surface area contributed by atoms with Crippen molar-refractivity contribution in [3.8, 4) is 0 Å². The molecule has 0 aromatic heterocycles. The lowest BCUT2D eigenvalue weighted by molar-refractivity contribution is -0.220. The average molecular weight is 1050 g/mol. The van der Waals surface area contributed by atoms with Crippen LogP contribution in [-0.4, -0.2) is 98.9 Å². The van der Waals surface area contributed by atoms with E-state index in [1.54, 1.807) is 0 Å². The number of phosphoric ester groups is 1. The Morgan fingerprint density at radius 2 is 0.808 bits per heavy atom. The highest BCUT2D eigenvalue weighted by Gasteiger charge is 2.51. The van der Waals surface area contributed by atoms with Gasteiger partial charge in [-0.2, -0.15) is 0 Å². The monoisotopic (exact) mass is 1050 g/mol. The van der Waals surface area contributed by atoms with Gasteiger partial charge >= 0.3 is 13.8 Å². The number of carbonyl (C=O) groups excluding carboxylic acids is 1. The van der Waals surface area contributed by atoms with Crippen LogP contribution in [0.2, 0.25) is 0 Å². The first kappa shape index (κ1) is 69.1. The Morgan fingerprint density at radius 3 is 1.23 bits per heavy atom. The summed E-state index contributed by atoms with van der Waals surface area (Å²) >= 11 is 0. The molecule has 0 aromatic rings. The van der Waals surface area contributed by atoms with Crippen LogP contribution in [0.1, 0.15) is 251 Å². The predicted molar refractivity (Wildman–Crippen MR) is 299 cm³/mol. The topological polar surface area (TPSA) is 192 Å². The Balaban J connectivity index is 2.28. The van der Waals surface area contributed by atoms with Crippen molar-refractivity contribution in [1.82, 2.24) is 0 Å². The Kier molecular flexibility index (Phi) is 46.9. The third-order valence-corrected chi connectivity index (χ3v) is 14.6. The van der Waals surface area contributed by atoms with Crippen LogP contribution in [0.5, 0.6) is 0 Å². The number of aliphatic hydroxyl groups is 5. The number of carbonyl (C=O) groups is 1. The third kappa shape index (κ3) is 40.9. The van der Waals surface area contributed by atoms with Crippen LogP contribution in [0.25, 0.3) is 0 Å². The minimum absolute atomic E-state index is 0.0821. The summed E-state index contributed by atoms with van der Waals surface area (Å²) in [7, 11) is -5.03. The van der Waals surface area contributed by atoms with Gasteiger partial charge in [-0.25, -0.2) is 4.57 Å². The van der Waals surface area contributed by atoms with Crippen LogP contribution in [0.4, 0.5) is 0 Å². The Hall–Kier alpha value is -1.96. The van der Waals surface area contributed by atoms with E-state index in [0.717, 1.165) is 83.5 Å². The molecule has 1 aliphatic carbocycles. The van der Waals surface area contributed by atoms with Gasteiger partial charge in [0.15, 0.2) is 0 Å². The Labute approximate surface area is 445 Å². The molecule has 0 spiro atoms. The van der Waals surface area contributed by atoms with Crippen molar-refractivity contribution in [2.45, 2.75) is 294 Å². The van der Waals surface area contributed by atoms with Gasteiger partial charge in [0.2, 0.25) is 0 Å². The van der Waals surface area contributed by atoms with E-state index in [1.807, 2.05) is 0 Å². The second-order valence-corrected chi connectivity index (χ2v) is 21.9. The van der Waals surface area contributed by atoms with E-state index < -0.39 is 63.1 Å². The average Bonchev–Trinajstić information content (AvgIpc) is 3.38. The molecule has 0 radical (unpaired) electrons. The van der Waals surface area contributed by atoms with E-state index in [-0.39, 0.29) is 13.0 Å². The van der Waals surface area contributed by atoms with Gasteiger partial charge in [-0.15, -0.1) is 0 Å². The van der Waals surface area contributed by atoms with E-state index in [0.29, 0.717) is 13.0 Å². The maximum atomic E-state index is 12.9. The highest BCUT2D eigenvalue weighted by atomic mass is 31.2. The zero-order chi connectivity index (χ0) is 53.3. The molecule has 0 saturated heterocycles. The third-order valence-electron chi connectivity index (χ3n) is 13.7. The van der Waals surface area contributed by atoms with E-state index in [4.69, 9.17) is 18.5 Å². The molecule has 0 aromatic carbocycles. The first-order valence-electron chi connectivity index (χ1n) is 29.6. The van der Waals surface area contributed by atoms with Crippen LogP contribution < -0.4 is 0 Å². The van der Waals surface area contributed by atoms with Gasteiger partial charge in [-0.1, -0.05) is 248 Å². The van der Waals surface area contributed by atoms with Crippen LogP contribution in [0, 0.1) is 0 Å². The standard InChI is InChI=1S/C60H109O12P/c1-3-5-7-9-11-13-15-17-19-21-23-25-27-28-30-32-34-36-38-40-42-44-46-48-50-69-51-53(52-70-73(67,68)72-60-58(65)56(63)55(62)57(64)59(60)66)71-54(61)49-47-45-43-41-39-37-35-33-31-29-26-24-22-20-18-16-14-12-10-8-6-4-2/h5,7,11,13,17,19,23,25,28,30,53,55-60,62-66H,3-4,6,8-10,12,14-16,18,20-22,24,26-27,29,31-52H2,1-2H3,(H,67,68)/b7-5-,13-11-,19-17-,25-23-,30-28-. The zero-order valence-corrected chi connectivity index (χ0v) is 47.1. The van der Waals surface area contributed by atoms with Gasteiger partial charge in [0.1, 0.15) is 42.7 Å². The number of phosphoric acid groups is 1. The van der Waals surface area contributed by atoms with E-state index in [1.165, 1.54) is 141 Å². The second kappa shape index (κ2) is 49.6. The number of allylic oxidation sites excluding steroid dienone is 10. The lowest BCUT2D eigenvalue weighted by Crippen LogP contribution is -2.64. The minimum atomic E-state index is -5.03. The minimum Gasteiger partial charge on any atom is -0.457 e. The number of aliphatic hydroxyl groups excluding tert-OH is 5. The predicted octanol–water partition coefficient (Wildman–Crippen LogP) is 14.5. The fraction of sp³-hybridized carbons (Fsp3) is 0.817. The molecule has 426 valence electrons. The highest BCUT2D eigenvalue weighted by molar-refractivity contribution is 7.47. The second-order valence-electron chi connectivity index (χ2n) is 20.5. The van der Waals surface area contributed by atoms with Gasteiger partial charge in [0.25, 0.3) is 0 Å². The van der Waals surface area contributed by atoms with Crippen molar-refractivity contribution in [3.63, 3.8) is 0 Å². The summed E-state index contributed by atoms with van der Waals surface area (Å²) in [6.45, 7) is 4.17. The Morgan fingerprint density at radius 1 is 0.452 bits per heavy atom. The SMILES string of the molecule is CC/C=C\C/C=C\C/C=C\C/C=C\C/C=C\CCCCCCCCCCOCC(COP(=O)(O)OC1C(O)C(O)C(O)C(O)C1O)OC(=O)CCCCCCCCCCCCCCCCCCCCCCCC. The normalized spacial score (nSPS) is 20.9. The van der Waals surface area contributed by atoms with E-state index in [9.17, 15) is 39.8 Å². The quantitative estimate of drug-likeness (QED) is 0.0146. The number of esters is 1. The molecule has 6 unspecified atom stereocenters. The highest BCUT2D eigenvalue weighted by Crippen LogP contribution is 2.47. The first-order chi connectivity index (χ1) is 35.5. The van der Waals surface area contributed by atoms with Crippen molar-refractivity contribution in [3.05, 3.63) is 60.8 Å². The number of hydrogen-bond donors (Lipinski definition) is 6. The molecular weight excluding hydrogens is 944 g/mol. The molecular formula is C60H109O12P. The van der Waals surface area contributed by atoms with Crippen molar-refractivity contribution >= 4 is 13.8 Å². The van der Waals surface area contributed by atoms with Crippen molar-refractivity contribution in [2.75, 3.05) is 19.8 Å². The molecule has 0 heterocycles. The Bertz CT molecular complexity index is 1430. The maximum Gasteiger partial charge on any atom is 0.472 e. The molecule has 73 heavy (non-hydrogen) atoms. The summed E-state index contributed by atoms with van der Waals surface area (Å²) in [5.41, 5.74) is 0. The number of unbranched alkanes of at least 4 members (excludes halogenated alkanes) is 29. The molecule has 1 aliphatic rings. The number of rotatable bonds is 51. The number of ether oxygens (including phenoxy) is 2. The van der Waals surface area contributed by atoms with E-state index >= 15 is 0 Å². The molecule has 0 aliphatic heterocycles. The van der Waals surface area contributed by atoms with Gasteiger partial charge in [-0.05, 0) is 57.8 Å². The molecule has 6 atom stereocenters. The fourth-order valence-electron chi connectivity index (χ4n) is 9.03. The lowest BCUT2D eigenvalue weighted by Gasteiger charge is -2.41. The van der Waals surface area contributed by atoms with Gasteiger partial charge in [0, 0.05) is 13.0 Å². The van der Waals surface area contributed by atoms with Crippen LogP contribution in [-0.2, 0) is 27.9 Å². The summed E-state index contributed by atoms with van der Waals surface area (Å²) < 4.78 is 34.4. The molecule has 13 heteroatoms. The molecule has 1 fully saturated rings. The van der Waals surface area contributed by atoms with Gasteiger partial charge < -0.3 is 39.9 Å². The maximum absolute atomic E-state index is 12.9. The largest absolute Gasteiger partial charge is 0.472 e. The van der Waals surface area contributed by atoms with Gasteiger partial charge in [-0.3, -0.25) is 13.8 Å². The van der Waals surface area contributed by atoms with Crippen molar-refractivity contribution < 1.29 is 58.3 Å². The van der Waals surface area contributed by atoms with Crippen LogP contribution >= 0.6 is 7.82 Å². The molecule has 0 bridgehead atoms.